The molecule has 118 valence electrons. The number of benzene rings is 1. The molecule has 1 aliphatic rings. The zero-order chi connectivity index (χ0) is 16.7. The largest absolute Gasteiger partial charge is 0.401 e. The maximum atomic E-state index is 13.0. The normalized spacial score (nSPS) is 19.6. The molecule has 2 rings (SSSR count). The van der Waals surface area contributed by atoms with E-state index in [2.05, 4.69) is 5.92 Å². The minimum Gasteiger partial charge on any atom is -0.272 e. The Kier molecular flexibility index (Phi) is 4.83. The number of hydrogen-bond donors (Lipinski definition) is 0. The summed E-state index contributed by atoms with van der Waals surface area (Å²) >= 11 is 17.7. The molecular formula is C13H8Cl3F3N2O. The van der Waals surface area contributed by atoms with Gasteiger partial charge in [0.15, 0.2) is 0 Å². The fraction of sp³-hybridized carbons (Fsp3) is 0.308. The highest BCUT2D eigenvalue weighted by Gasteiger charge is 2.54. The summed E-state index contributed by atoms with van der Waals surface area (Å²) in [7, 11) is 0. The van der Waals surface area contributed by atoms with Crippen LogP contribution < -0.4 is 5.01 Å². The number of amides is 1. The summed E-state index contributed by atoms with van der Waals surface area (Å²) in [6.07, 6.45) is 0.460. The van der Waals surface area contributed by atoms with E-state index in [1.54, 1.807) is 0 Å². The number of rotatable bonds is 2. The van der Waals surface area contributed by atoms with Gasteiger partial charge in [-0.2, -0.15) is 13.2 Å². The third kappa shape index (κ3) is 3.13. The van der Waals surface area contributed by atoms with E-state index in [1.165, 1.54) is 12.1 Å². The Hall–Kier alpha value is -1.13. The third-order valence-corrected chi connectivity index (χ3v) is 3.84. The molecule has 1 aliphatic heterocycles. The number of hydrogen-bond acceptors (Lipinski definition) is 2. The Labute approximate surface area is 139 Å². The summed E-state index contributed by atoms with van der Waals surface area (Å²) in [5, 5.41) is 1.95. The minimum absolute atomic E-state index is 0.0457. The number of carbonyl (C=O) groups is 1. The molecule has 1 amide bonds. The van der Waals surface area contributed by atoms with E-state index >= 15 is 0 Å². The Morgan fingerprint density at radius 2 is 1.82 bits per heavy atom. The summed E-state index contributed by atoms with van der Waals surface area (Å²) in [6, 6.07) is 2.57. The van der Waals surface area contributed by atoms with Crippen molar-refractivity contribution in [2.45, 2.75) is 6.18 Å². The predicted molar refractivity (Wildman–Crippen MR) is 78.9 cm³/mol. The van der Waals surface area contributed by atoms with Gasteiger partial charge in [0.2, 0.25) is 0 Å². The first-order chi connectivity index (χ1) is 10.2. The summed E-state index contributed by atoms with van der Waals surface area (Å²) in [5.41, 5.74) is -0.0697. The molecule has 22 heavy (non-hydrogen) atoms. The van der Waals surface area contributed by atoms with Crippen LogP contribution >= 0.6 is 34.8 Å². The van der Waals surface area contributed by atoms with Crippen molar-refractivity contribution in [2.75, 3.05) is 18.1 Å². The fourth-order valence-corrected chi connectivity index (χ4v) is 3.11. The van der Waals surface area contributed by atoms with Crippen LogP contribution in [0.15, 0.2) is 12.1 Å². The second-order valence-corrected chi connectivity index (χ2v) is 5.76. The Bertz CT molecular complexity index is 634. The van der Waals surface area contributed by atoms with Gasteiger partial charge in [-0.05, 0) is 12.1 Å². The van der Waals surface area contributed by atoms with Gasteiger partial charge in [0.05, 0.1) is 22.3 Å². The van der Waals surface area contributed by atoms with Crippen molar-refractivity contribution in [3.8, 4) is 12.3 Å². The molecule has 0 bridgehead atoms. The van der Waals surface area contributed by atoms with E-state index in [0.29, 0.717) is 0 Å². The monoisotopic (exact) mass is 370 g/mol. The highest BCUT2D eigenvalue weighted by molar-refractivity contribution is 6.42. The van der Waals surface area contributed by atoms with Gasteiger partial charge in [0.1, 0.15) is 5.92 Å². The number of hydrazine groups is 1. The van der Waals surface area contributed by atoms with E-state index in [4.69, 9.17) is 41.2 Å². The molecule has 1 aromatic carbocycles. The standard InChI is InChI=1S/C13H8Cl3F3N2O/c1-2-3-20-6-8(13(17,18)19)12(22)21(20)11-9(15)4-7(14)5-10(11)16/h1,4-5,8H,3,6H2. The van der Waals surface area contributed by atoms with Crippen molar-refractivity contribution in [1.82, 2.24) is 5.01 Å². The van der Waals surface area contributed by atoms with Crippen molar-refractivity contribution < 1.29 is 18.0 Å². The van der Waals surface area contributed by atoms with E-state index in [-0.39, 0.29) is 27.3 Å². The van der Waals surface area contributed by atoms with Crippen LogP contribution in [0.25, 0.3) is 0 Å². The number of halogens is 6. The summed E-state index contributed by atoms with van der Waals surface area (Å²) < 4.78 is 38.9. The van der Waals surface area contributed by atoms with Gasteiger partial charge in [0, 0.05) is 11.6 Å². The van der Waals surface area contributed by atoms with Crippen molar-refractivity contribution in [3.63, 3.8) is 0 Å². The Morgan fingerprint density at radius 3 is 2.27 bits per heavy atom. The molecule has 0 radical (unpaired) electrons. The van der Waals surface area contributed by atoms with Crippen LogP contribution in [0.3, 0.4) is 0 Å². The lowest BCUT2D eigenvalue weighted by molar-refractivity contribution is -0.175. The quantitative estimate of drug-likeness (QED) is 0.733. The molecule has 1 fully saturated rings. The van der Waals surface area contributed by atoms with Crippen LogP contribution in [0, 0.1) is 18.3 Å². The molecule has 1 atom stereocenters. The van der Waals surface area contributed by atoms with E-state index in [1.807, 2.05) is 0 Å². The summed E-state index contributed by atoms with van der Waals surface area (Å²) in [4.78, 5) is 12.2. The highest BCUT2D eigenvalue weighted by Crippen LogP contribution is 2.42. The van der Waals surface area contributed by atoms with Crippen molar-refractivity contribution in [2.24, 2.45) is 5.92 Å². The molecule has 3 nitrogen and oxygen atoms in total. The molecule has 1 aromatic rings. The Balaban J connectivity index is 2.52. The second kappa shape index (κ2) is 6.17. The maximum Gasteiger partial charge on any atom is 0.401 e. The average Bonchev–Trinajstić information content (AvgIpc) is 2.67. The number of carbonyl (C=O) groups excluding carboxylic acids is 1. The van der Waals surface area contributed by atoms with E-state index in [9.17, 15) is 18.0 Å². The summed E-state index contributed by atoms with van der Waals surface area (Å²) in [5.74, 6) is -1.17. The van der Waals surface area contributed by atoms with Crippen LogP contribution in [0.5, 0.6) is 0 Å². The maximum absolute atomic E-state index is 13.0. The van der Waals surface area contributed by atoms with Gasteiger partial charge in [0.25, 0.3) is 5.91 Å². The SMILES string of the molecule is C#CCN1CC(C(F)(F)F)C(=O)N1c1c(Cl)cc(Cl)cc1Cl. The average molecular weight is 372 g/mol. The number of terminal acetylenes is 1. The van der Waals surface area contributed by atoms with Gasteiger partial charge < -0.3 is 0 Å². The lowest BCUT2D eigenvalue weighted by atomic mass is 10.1. The first kappa shape index (κ1) is 17.2. The van der Waals surface area contributed by atoms with Crippen molar-refractivity contribution in [1.29, 1.82) is 0 Å². The van der Waals surface area contributed by atoms with Crippen molar-refractivity contribution in [3.05, 3.63) is 27.2 Å². The van der Waals surface area contributed by atoms with Crippen LogP contribution in [0.4, 0.5) is 18.9 Å². The molecule has 0 N–H and O–H groups in total. The lowest BCUT2D eigenvalue weighted by Crippen LogP contribution is -2.40. The second-order valence-electron chi connectivity index (χ2n) is 4.51. The number of nitrogens with zero attached hydrogens (tertiary/aromatic N) is 2. The van der Waals surface area contributed by atoms with Crippen molar-refractivity contribution >= 4 is 46.4 Å². The molecule has 9 heteroatoms. The van der Waals surface area contributed by atoms with Gasteiger partial charge in [-0.1, -0.05) is 40.7 Å². The van der Waals surface area contributed by atoms with E-state index < -0.39 is 24.5 Å². The smallest absolute Gasteiger partial charge is 0.272 e. The molecule has 1 heterocycles. The van der Waals surface area contributed by atoms with Crippen LogP contribution in [-0.4, -0.2) is 30.2 Å². The molecule has 0 aromatic heterocycles. The molecule has 1 unspecified atom stereocenters. The zero-order valence-corrected chi connectivity index (χ0v) is 13.1. The lowest BCUT2D eigenvalue weighted by Gasteiger charge is -2.27. The minimum atomic E-state index is -4.69. The fourth-order valence-electron chi connectivity index (χ4n) is 2.13. The first-order valence-electron chi connectivity index (χ1n) is 5.90. The van der Waals surface area contributed by atoms with Crippen LogP contribution in [0.2, 0.25) is 15.1 Å². The van der Waals surface area contributed by atoms with E-state index in [0.717, 1.165) is 10.0 Å². The Morgan fingerprint density at radius 1 is 1.27 bits per heavy atom. The van der Waals surface area contributed by atoms with Gasteiger partial charge in [-0.15, -0.1) is 6.42 Å². The first-order valence-corrected chi connectivity index (χ1v) is 7.03. The molecule has 0 aliphatic carbocycles. The predicted octanol–water partition coefficient (Wildman–Crippen LogP) is 4.02. The molecule has 0 spiro atoms. The van der Waals surface area contributed by atoms with Gasteiger partial charge >= 0.3 is 6.18 Å². The van der Waals surface area contributed by atoms with Crippen LogP contribution in [-0.2, 0) is 4.79 Å². The van der Waals surface area contributed by atoms with Crippen LogP contribution in [0.1, 0.15) is 0 Å². The molecule has 1 saturated heterocycles. The third-order valence-electron chi connectivity index (χ3n) is 3.05. The van der Waals surface area contributed by atoms with Gasteiger partial charge in [-0.3, -0.25) is 4.79 Å². The molecule has 0 saturated carbocycles. The summed E-state index contributed by atoms with van der Waals surface area (Å²) in [6.45, 7) is -0.796. The number of alkyl halides is 3. The highest BCUT2D eigenvalue weighted by atomic mass is 35.5. The van der Waals surface area contributed by atoms with Gasteiger partial charge in [-0.25, -0.2) is 10.0 Å². The topological polar surface area (TPSA) is 23.6 Å². The molecular weight excluding hydrogens is 364 g/mol. The zero-order valence-electron chi connectivity index (χ0n) is 10.8. The number of anilines is 1.